The lowest BCUT2D eigenvalue weighted by atomic mass is 10.2. The molecule has 108 valence electrons. The van der Waals surface area contributed by atoms with E-state index >= 15 is 0 Å². The minimum absolute atomic E-state index is 0.206. The van der Waals surface area contributed by atoms with E-state index in [2.05, 4.69) is 62.8 Å². The quantitative estimate of drug-likeness (QED) is 0.904. The van der Waals surface area contributed by atoms with Crippen molar-refractivity contribution in [3.05, 3.63) is 40.1 Å². The molecule has 1 aromatic carbocycles. The van der Waals surface area contributed by atoms with Gasteiger partial charge in [-0.25, -0.2) is 4.98 Å². The molecule has 1 aromatic heterocycles. The average molecular weight is 338 g/mol. The molecule has 0 radical (unpaired) electrons. The van der Waals surface area contributed by atoms with Crippen LogP contribution in [-0.4, -0.2) is 29.3 Å². The molecule has 0 fully saturated rings. The normalized spacial score (nSPS) is 12.4. The molecular weight excluding hydrogens is 318 g/mol. The van der Waals surface area contributed by atoms with Crippen LogP contribution in [0.5, 0.6) is 0 Å². The Balaban J connectivity index is 2.33. The molecule has 0 aliphatic rings. The van der Waals surface area contributed by atoms with Gasteiger partial charge in [0.15, 0.2) is 0 Å². The second-order valence-corrected chi connectivity index (χ2v) is 5.86. The molecule has 0 saturated carbocycles. The number of nitrogens with zero attached hydrogens (tertiary/aromatic N) is 2. The van der Waals surface area contributed by atoms with Gasteiger partial charge in [0.1, 0.15) is 0 Å². The van der Waals surface area contributed by atoms with Crippen LogP contribution in [0, 0.1) is 13.8 Å². The van der Waals surface area contributed by atoms with Crippen molar-refractivity contribution >= 4 is 21.9 Å². The van der Waals surface area contributed by atoms with Crippen LogP contribution in [0.3, 0.4) is 0 Å². The van der Waals surface area contributed by atoms with Crippen molar-refractivity contribution in [2.75, 3.05) is 19.0 Å². The molecule has 0 bridgehead atoms. The fraction of sp³-hybridized carbons (Fsp3) is 0.400. The highest BCUT2D eigenvalue weighted by molar-refractivity contribution is 9.10. The van der Waals surface area contributed by atoms with Crippen LogP contribution in [0.2, 0.25) is 0 Å². The number of imidazole rings is 1. The highest BCUT2D eigenvalue weighted by Crippen LogP contribution is 2.23. The molecule has 0 amide bonds. The first-order valence-corrected chi connectivity index (χ1v) is 7.38. The van der Waals surface area contributed by atoms with Crippen LogP contribution in [0.4, 0.5) is 5.95 Å². The zero-order valence-electron chi connectivity index (χ0n) is 12.3. The highest BCUT2D eigenvalue weighted by atomic mass is 79.9. The van der Waals surface area contributed by atoms with Gasteiger partial charge in [-0.05, 0) is 44.5 Å². The van der Waals surface area contributed by atoms with Crippen molar-refractivity contribution in [3.8, 4) is 5.69 Å². The van der Waals surface area contributed by atoms with Crippen LogP contribution < -0.4 is 5.32 Å². The summed E-state index contributed by atoms with van der Waals surface area (Å²) in [5, 5.41) is 3.38. The third kappa shape index (κ3) is 3.41. The molecule has 1 atom stereocenters. The van der Waals surface area contributed by atoms with Gasteiger partial charge in [0, 0.05) is 29.5 Å². The van der Waals surface area contributed by atoms with Crippen molar-refractivity contribution in [2.45, 2.75) is 26.8 Å². The van der Waals surface area contributed by atoms with E-state index in [1.165, 1.54) is 5.56 Å². The Morgan fingerprint density at radius 2 is 2.15 bits per heavy atom. The summed E-state index contributed by atoms with van der Waals surface area (Å²) in [6.45, 7) is 6.79. The third-order valence-electron chi connectivity index (χ3n) is 3.04. The Hall–Kier alpha value is -1.33. The van der Waals surface area contributed by atoms with Gasteiger partial charge in [0.05, 0.1) is 12.3 Å². The minimum atomic E-state index is 0.206. The number of aryl methyl sites for hydroxylation is 2. The number of rotatable bonds is 5. The smallest absolute Gasteiger partial charge is 0.208 e. The Morgan fingerprint density at radius 1 is 1.40 bits per heavy atom. The van der Waals surface area contributed by atoms with Crippen LogP contribution in [-0.2, 0) is 4.74 Å². The molecule has 5 heteroatoms. The maximum atomic E-state index is 5.16. The number of ether oxygens (including phenoxy) is 1. The second kappa shape index (κ2) is 6.41. The SMILES string of the molecule is COCC(C)Nc1nc(C)cn1-c1ccc(Br)c(C)c1. The van der Waals surface area contributed by atoms with Crippen LogP contribution in [0.1, 0.15) is 18.2 Å². The number of benzene rings is 1. The summed E-state index contributed by atoms with van der Waals surface area (Å²) >= 11 is 3.53. The van der Waals surface area contributed by atoms with Crippen LogP contribution in [0.25, 0.3) is 5.69 Å². The number of nitrogens with one attached hydrogen (secondary N) is 1. The third-order valence-corrected chi connectivity index (χ3v) is 3.93. The predicted octanol–water partition coefficient (Wildman–Crippen LogP) is 3.70. The van der Waals surface area contributed by atoms with Gasteiger partial charge >= 0.3 is 0 Å². The fourth-order valence-corrected chi connectivity index (χ4v) is 2.33. The van der Waals surface area contributed by atoms with Gasteiger partial charge < -0.3 is 10.1 Å². The Kier molecular flexibility index (Phi) is 4.83. The Morgan fingerprint density at radius 3 is 2.80 bits per heavy atom. The standard InChI is InChI=1S/C15H20BrN3O/c1-10-7-13(5-6-14(10)16)19-8-11(2)17-15(19)18-12(3)9-20-4/h5-8,12H,9H2,1-4H3,(H,17,18). The fourth-order valence-electron chi connectivity index (χ4n) is 2.09. The van der Waals surface area contributed by atoms with Crippen LogP contribution in [0.15, 0.2) is 28.9 Å². The second-order valence-electron chi connectivity index (χ2n) is 5.01. The molecule has 20 heavy (non-hydrogen) atoms. The van der Waals surface area contributed by atoms with Gasteiger partial charge in [-0.2, -0.15) is 0 Å². The summed E-state index contributed by atoms with van der Waals surface area (Å²) in [6, 6.07) is 6.47. The van der Waals surface area contributed by atoms with Crippen molar-refractivity contribution in [1.82, 2.24) is 9.55 Å². The number of hydrogen-bond donors (Lipinski definition) is 1. The minimum Gasteiger partial charge on any atom is -0.383 e. The Labute approximate surface area is 128 Å². The van der Waals surface area contributed by atoms with Crippen molar-refractivity contribution in [3.63, 3.8) is 0 Å². The zero-order chi connectivity index (χ0) is 14.7. The van der Waals surface area contributed by atoms with Crippen LogP contribution >= 0.6 is 15.9 Å². The number of aromatic nitrogens is 2. The van der Waals surface area contributed by atoms with E-state index in [1.807, 2.05) is 13.1 Å². The first kappa shape index (κ1) is 15.1. The van der Waals surface area contributed by atoms with Crippen molar-refractivity contribution in [2.24, 2.45) is 0 Å². The molecule has 0 aliphatic heterocycles. The monoisotopic (exact) mass is 337 g/mol. The van der Waals surface area contributed by atoms with Crippen molar-refractivity contribution < 1.29 is 4.74 Å². The van der Waals surface area contributed by atoms with Gasteiger partial charge in [0.2, 0.25) is 5.95 Å². The molecule has 1 N–H and O–H groups in total. The van der Waals surface area contributed by atoms with E-state index in [-0.39, 0.29) is 6.04 Å². The lowest BCUT2D eigenvalue weighted by molar-refractivity contribution is 0.190. The summed E-state index contributed by atoms with van der Waals surface area (Å²) < 4.78 is 8.34. The number of hydrogen-bond acceptors (Lipinski definition) is 3. The predicted molar refractivity (Wildman–Crippen MR) is 85.7 cm³/mol. The maximum absolute atomic E-state index is 5.16. The highest BCUT2D eigenvalue weighted by Gasteiger charge is 2.11. The van der Waals surface area contributed by atoms with Gasteiger partial charge in [0.25, 0.3) is 0 Å². The molecule has 1 heterocycles. The van der Waals surface area contributed by atoms with E-state index in [9.17, 15) is 0 Å². The molecule has 0 aliphatic carbocycles. The summed E-state index contributed by atoms with van der Waals surface area (Å²) in [7, 11) is 1.70. The summed E-state index contributed by atoms with van der Waals surface area (Å²) in [5.74, 6) is 0.841. The summed E-state index contributed by atoms with van der Waals surface area (Å²) in [6.07, 6.45) is 2.03. The lowest BCUT2D eigenvalue weighted by Gasteiger charge is -2.15. The largest absolute Gasteiger partial charge is 0.383 e. The van der Waals surface area contributed by atoms with E-state index < -0.39 is 0 Å². The molecule has 2 rings (SSSR count). The van der Waals surface area contributed by atoms with Crippen molar-refractivity contribution in [1.29, 1.82) is 0 Å². The average Bonchev–Trinajstić information content (AvgIpc) is 2.74. The molecule has 1 unspecified atom stereocenters. The molecule has 4 nitrogen and oxygen atoms in total. The molecule has 0 spiro atoms. The number of anilines is 1. The maximum Gasteiger partial charge on any atom is 0.208 e. The lowest BCUT2D eigenvalue weighted by Crippen LogP contribution is -2.22. The van der Waals surface area contributed by atoms with E-state index in [1.54, 1.807) is 7.11 Å². The molecule has 0 saturated heterocycles. The first-order chi connectivity index (χ1) is 9.51. The van der Waals surface area contributed by atoms with E-state index in [4.69, 9.17) is 4.74 Å². The zero-order valence-corrected chi connectivity index (χ0v) is 13.9. The van der Waals surface area contributed by atoms with Gasteiger partial charge in [-0.1, -0.05) is 15.9 Å². The summed E-state index contributed by atoms with van der Waals surface area (Å²) in [4.78, 5) is 4.55. The number of methoxy groups -OCH3 is 1. The first-order valence-electron chi connectivity index (χ1n) is 6.59. The van der Waals surface area contributed by atoms with E-state index in [0.29, 0.717) is 6.61 Å². The Bertz CT molecular complexity index is 595. The molecular formula is C15H20BrN3O. The topological polar surface area (TPSA) is 39.1 Å². The van der Waals surface area contributed by atoms with E-state index in [0.717, 1.165) is 21.8 Å². The molecule has 2 aromatic rings. The van der Waals surface area contributed by atoms with Gasteiger partial charge in [-0.15, -0.1) is 0 Å². The van der Waals surface area contributed by atoms with Gasteiger partial charge in [-0.3, -0.25) is 4.57 Å². The summed E-state index contributed by atoms with van der Waals surface area (Å²) in [5.41, 5.74) is 3.28. The number of halogens is 1.